The summed E-state index contributed by atoms with van der Waals surface area (Å²) in [5.74, 6) is 0. The first-order chi connectivity index (χ1) is 12.5. The largest absolute Gasteiger partial charge is 0.379 e. The fraction of sp³-hybridized carbons (Fsp3) is 0.650. The Labute approximate surface area is 157 Å². The highest BCUT2D eigenvalue weighted by atomic mass is 16.5. The van der Waals surface area contributed by atoms with Crippen molar-refractivity contribution in [2.75, 3.05) is 59.0 Å². The predicted octanol–water partition coefficient (Wildman–Crippen LogP) is 1.62. The normalized spacial score (nSPS) is 20.2. The van der Waals surface area contributed by atoms with E-state index < -0.39 is 0 Å². The van der Waals surface area contributed by atoms with Crippen molar-refractivity contribution in [3.05, 3.63) is 35.9 Å². The van der Waals surface area contributed by atoms with Gasteiger partial charge in [-0.15, -0.1) is 0 Å². The van der Waals surface area contributed by atoms with Crippen LogP contribution in [-0.2, 0) is 11.3 Å². The van der Waals surface area contributed by atoms with E-state index in [1.807, 2.05) is 11.0 Å². The van der Waals surface area contributed by atoms with Crippen molar-refractivity contribution in [2.24, 2.45) is 0 Å². The number of benzene rings is 1. The van der Waals surface area contributed by atoms with Crippen molar-refractivity contribution in [1.29, 1.82) is 0 Å². The average molecular weight is 361 g/mol. The van der Waals surface area contributed by atoms with Gasteiger partial charge < -0.3 is 15.0 Å². The van der Waals surface area contributed by atoms with Crippen molar-refractivity contribution < 1.29 is 9.53 Å². The summed E-state index contributed by atoms with van der Waals surface area (Å²) >= 11 is 0. The Bertz CT molecular complexity index is 564. The van der Waals surface area contributed by atoms with Crippen LogP contribution in [0, 0.1) is 0 Å². The van der Waals surface area contributed by atoms with E-state index >= 15 is 0 Å². The molecule has 2 saturated heterocycles. The highest BCUT2D eigenvalue weighted by molar-refractivity contribution is 5.74. The van der Waals surface area contributed by atoms with Crippen LogP contribution < -0.4 is 5.32 Å². The van der Waals surface area contributed by atoms with Gasteiger partial charge in [-0.2, -0.15) is 0 Å². The molecule has 2 heterocycles. The molecule has 1 aromatic carbocycles. The lowest BCUT2D eigenvalue weighted by Gasteiger charge is -2.41. The molecule has 2 amide bonds. The summed E-state index contributed by atoms with van der Waals surface area (Å²) in [6.07, 6.45) is 0. The predicted molar refractivity (Wildman–Crippen MR) is 103 cm³/mol. The highest BCUT2D eigenvalue weighted by Gasteiger charge is 2.29. The number of carbonyl (C=O) groups is 1. The van der Waals surface area contributed by atoms with Crippen molar-refractivity contribution >= 4 is 6.03 Å². The van der Waals surface area contributed by atoms with Crippen molar-refractivity contribution in [3.63, 3.8) is 0 Å². The van der Waals surface area contributed by atoms with Crippen LogP contribution in [0.1, 0.15) is 19.4 Å². The number of hydrogen-bond donors (Lipinski definition) is 1. The maximum atomic E-state index is 12.5. The zero-order valence-corrected chi connectivity index (χ0v) is 16.1. The number of hydrogen-bond acceptors (Lipinski definition) is 4. The van der Waals surface area contributed by atoms with Gasteiger partial charge in [0.15, 0.2) is 0 Å². The second kappa shape index (κ2) is 8.84. The van der Waals surface area contributed by atoms with Crippen LogP contribution in [0.5, 0.6) is 0 Å². The van der Waals surface area contributed by atoms with Gasteiger partial charge in [-0.25, -0.2) is 4.79 Å². The van der Waals surface area contributed by atoms with Gasteiger partial charge in [-0.1, -0.05) is 30.3 Å². The minimum atomic E-state index is -0.0471. The third kappa shape index (κ3) is 5.19. The summed E-state index contributed by atoms with van der Waals surface area (Å²) in [4.78, 5) is 19.3. The molecule has 0 atom stereocenters. The van der Waals surface area contributed by atoms with Gasteiger partial charge in [0.1, 0.15) is 0 Å². The molecule has 2 aliphatic heterocycles. The molecule has 3 rings (SSSR count). The van der Waals surface area contributed by atoms with Gasteiger partial charge >= 0.3 is 6.03 Å². The van der Waals surface area contributed by atoms with Crippen LogP contribution in [-0.4, -0.2) is 85.3 Å². The van der Waals surface area contributed by atoms with Gasteiger partial charge in [-0.05, 0) is 19.4 Å². The van der Waals surface area contributed by atoms with Gasteiger partial charge in [0.25, 0.3) is 0 Å². The Hall–Kier alpha value is -1.63. The molecule has 144 valence electrons. The number of nitrogens with zero attached hydrogens (tertiary/aromatic N) is 3. The second-order valence-corrected chi connectivity index (χ2v) is 7.82. The Morgan fingerprint density at radius 1 is 1.04 bits per heavy atom. The molecular weight excluding hydrogens is 328 g/mol. The summed E-state index contributed by atoms with van der Waals surface area (Å²) in [6, 6.07) is 10.6. The van der Waals surface area contributed by atoms with Gasteiger partial charge in [0.05, 0.1) is 13.2 Å². The quantitative estimate of drug-likeness (QED) is 0.867. The van der Waals surface area contributed by atoms with E-state index in [4.69, 9.17) is 4.74 Å². The molecule has 0 aromatic heterocycles. The number of ether oxygens (including phenoxy) is 1. The van der Waals surface area contributed by atoms with Crippen LogP contribution in [0.3, 0.4) is 0 Å². The Balaban J connectivity index is 1.40. The van der Waals surface area contributed by atoms with Crippen LogP contribution in [0.2, 0.25) is 0 Å². The number of rotatable bonds is 5. The topological polar surface area (TPSA) is 48.1 Å². The summed E-state index contributed by atoms with van der Waals surface area (Å²) in [5.41, 5.74) is 1.28. The highest BCUT2D eigenvalue weighted by Crippen LogP contribution is 2.15. The molecule has 2 fully saturated rings. The van der Waals surface area contributed by atoms with E-state index in [0.717, 1.165) is 59.0 Å². The number of carbonyl (C=O) groups excluding carboxylic acids is 1. The molecule has 26 heavy (non-hydrogen) atoms. The number of urea groups is 1. The van der Waals surface area contributed by atoms with Gasteiger partial charge in [-0.3, -0.25) is 9.80 Å². The van der Waals surface area contributed by atoms with Crippen LogP contribution in [0.4, 0.5) is 4.79 Å². The SMILES string of the molecule is CC(C)(CNC(=O)N1CCN(Cc2ccccc2)CC1)N1CCOCC1. The van der Waals surface area contributed by atoms with E-state index in [2.05, 4.69) is 53.2 Å². The molecule has 0 bridgehead atoms. The number of morpholine rings is 1. The third-order valence-corrected chi connectivity index (χ3v) is 5.45. The lowest BCUT2D eigenvalue weighted by atomic mass is 10.0. The van der Waals surface area contributed by atoms with E-state index in [1.54, 1.807) is 0 Å². The molecular formula is C20H32N4O2. The molecule has 6 heteroatoms. The van der Waals surface area contributed by atoms with E-state index in [9.17, 15) is 4.79 Å². The smallest absolute Gasteiger partial charge is 0.317 e. The average Bonchev–Trinajstić information content (AvgIpc) is 2.68. The number of amides is 2. The fourth-order valence-electron chi connectivity index (χ4n) is 3.63. The zero-order chi connectivity index (χ0) is 18.4. The third-order valence-electron chi connectivity index (χ3n) is 5.45. The van der Waals surface area contributed by atoms with Crippen LogP contribution in [0.25, 0.3) is 0 Å². The molecule has 0 aliphatic carbocycles. The maximum Gasteiger partial charge on any atom is 0.317 e. The number of piperazine rings is 1. The van der Waals surface area contributed by atoms with E-state index in [0.29, 0.717) is 6.54 Å². The Morgan fingerprint density at radius 2 is 1.69 bits per heavy atom. The number of nitrogens with one attached hydrogen (secondary N) is 1. The van der Waals surface area contributed by atoms with Crippen LogP contribution in [0.15, 0.2) is 30.3 Å². The second-order valence-electron chi connectivity index (χ2n) is 7.82. The minimum absolute atomic E-state index is 0.0471. The molecule has 1 aromatic rings. The summed E-state index contributed by atoms with van der Waals surface area (Å²) < 4.78 is 5.43. The lowest BCUT2D eigenvalue weighted by molar-refractivity contribution is -0.00917. The monoisotopic (exact) mass is 360 g/mol. The standard InChI is InChI=1S/C20H32N4O2/c1-20(2,24-12-14-26-15-13-24)17-21-19(25)23-10-8-22(9-11-23)16-18-6-4-3-5-7-18/h3-7H,8-17H2,1-2H3,(H,21,25). The fourth-order valence-corrected chi connectivity index (χ4v) is 3.63. The zero-order valence-electron chi connectivity index (χ0n) is 16.1. The molecule has 0 saturated carbocycles. The minimum Gasteiger partial charge on any atom is -0.379 e. The van der Waals surface area contributed by atoms with E-state index in [-0.39, 0.29) is 11.6 Å². The first-order valence-corrected chi connectivity index (χ1v) is 9.66. The van der Waals surface area contributed by atoms with Gasteiger partial charge in [0, 0.05) is 57.9 Å². The molecule has 0 spiro atoms. The van der Waals surface area contributed by atoms with Crippen molar-refractivity contribution in [2.45, 2.75) is 25.9 Å². The molecule has 6 nitrogen and oxygen atoms in total. The maximum absolute atomic E-state index is 12.5. The molecule has 1 N–H and O–H groups in total. The molecule has 0 radical (unpaired) electrons. The van der Waals surface area contributed by atoms with Gasteiger partial charge in [0.2, 0.25) is 0 Å². The molecule has 0 unspecified atom stereocenters. The summed E-state index contributed by atoms with van der Waals surface area (Å²) in [5, 5.41) is 3.14. The Kier molecular flexibility index (Phi) is 6.51. The van der Waals surface area contributed by atoms with Crippen molar-refractivity contribution in [3.8, 4) is 0 Å². The van der Waals surface area contributed by atoms with E-state index in [1.165, 1.54) is 5.56 Å². The molecule has 2 aliphatic rings. The lowest BCUT2D eigenvalue weighted by Crippen LogP contribution is -2.58. The van der Waals surface area contributed by atoms with Crippen LogP contribution >= 0.6 is 0 Å². The Morgan fingerprint density at radius 3 is 2.35 bits per heavy atom. The summed E-state index contributed by atoms with van der Waals surface area (Å²) in [7, 11) is 0. The first kappa shape index (κ1) is 19.1. The summed E-state index contributed by atoms with van der Waals surface area (Å²) in [6.45, 7) is 12.9. The van der Waals surface area contributed by atoms with Crippen molar-refractivity contribution in [1.82, 2.24) is 20.0 Å². The first-order valence-electron chi connectivity index (χ1n) is 9.66.